The van der Waals surface area contributed by atoms with Crippen molar-refractivity contribution in [3.05, 3.63) is 27.9 Å². The van der Waals surface area contributed by atoms with Gasteiger partial charge < -0.3 is 4.74 Å². The summed E-state index contributed by atoms with van der Waals surface area (Å²) in [6, 6.07) is 1.82. The predicted octanol–water partition coefficient (Wildman–Crippen LogP) is 2.80. The Morgan fingerprint density at radius 2 is 2.21 bits per heavy atom. The van der Waals surface area contributed by atoms with Crippen LogP contribution in [0.1, 0.15) is 5.01 Å². The minimum Gasteiger partial charge on any atom is -0.428 e. The molecule has 0 aromatic carbocycles. The molecule has 72 valence electrons. The fourth-order valence-electron chi connectivity index (χ4n) is 0.869. The van der Waals surface area contributed by atoms with Gasteiger partial charge in [0.2, 0.25) is 0 Å². The van der Waals surface area contributed by atoms with Gasteiger partial charge in [0.25, 0.3) is 5.19 Å². The SMILES string of the molecule is Cc1nnc(Oc2cncc(Br)c2)s1. The molecule has 2 aromatic rings. The van der Waals surface area contributed by atoms with E-state index in [-0.39, 0.29) is 0 Å². The molecule has 2 rings (SSSR count). The third-order valence-corrected chi connectivity index (χ3v) is 2.54. The van der Waals surface area contributed by atoms with E-state index in [1.165, 1.54) is 11.3 Å². The number of ether oxygens (including phenoxy) is 1. The minimum absolute atomic E-state index is 0.530. The Morgan fingerprint density at radius 1 is 1.36 bits per heavy atom. The topological polar surface area (TPSA) is 47.9 Å². The van der Waals surface area contributed by atoms with Gasteiger partial charge in [0, 0.05) is 10.7 Å². The first-order valence-corrected chi connectivity index (χ1v) is 5.43. The van der Waals surface area contributed by atoms with Crippen molar-refractivity contribution >= 4 is 27.3 Å². The molecule has 14 heavy (non-hydrogen) atoms. The first-order valence-electron chi connectivity index (χ1n) is 3.82. The van der Waals surface area contributed by atoms with Crippen LogP contribution in [0.15, 0.2) is 22.9 Å². The fraction of sp³-hybridized carbons (Fsp3) is 0.125. The summed E-state index contributed by atoms with van der Waals surface area (Å²) < 4.78 is 6.30. The van der Waals surface area contributed by atoms with Gasteiger partial charge in [-0.15, -0.1) is 5.10 Å². The summed E-state index contributed by atoms with van der Waals surface area (Å²) in [5, 5.41) is 9.10. The van der Waals surface area contributed by atoms with Crippen molar-refractivity contribution in [1.29, 1.82) is 0 Å². The number of aryl methyl sites for hydroxylation is 1. The highest BCUT2D eigenvalue weighted by Gasteiger charge is 2.03. The molecule has 0 bridgehead atoms. The molecule has 0 spiro atoms. The second kappa shape index (κ2) is 4.02. The molecule has 0 aliphatic heterocycles. The van der Waals surface area contributed by atoms with Crippen molar-refractivity contribution in [2.45, 2.75) is 6.92 Å². The van der Waals surface area contributed by atoms with Crippen LogP contribution in [-0.2, 0) is 0 Å². The third kappa shape index (κ3) is 2.27. The third-order valence-electron chi connectivity index (χ3n) is 1.39. The lowest BCUT2D eigenvalue weighted by Crippen LogP contribution is -1.84. The van der Waals surface area contributed by atoms with Crippen molar-refractivity contribution in [1.82, 2.24) is 15.2 Å². The summed E-state index contributed by atoms with van der Waals surface area (Å²) in [5.74, 6) is 0.649. The van der Waals surface area contributed by atoms with E-state index in [1.807, 2.05) is 13.0 Å². The Bertz CT molecular complexity index is 446. The molecule has 0 atom stereocenters. The average molecular weight is 272 g/mol. The number of hydrogen-bond acceptors (Lipinski definition) is 5. The molecule has 0 amide bonds. The van der Waals surface area contributed by atoms with Crippen LogP contribution in [0.5, 0.6) is 10.9 Å². The van der Waals surface area contributed by atoms with E-state index in [1.54, 1.807) is 12.4 Å². The van der Waals surface area contributed by atoms with Crippen LogP contribution in [0.25, 0.3) is 0 Å². The van der Waals surface area contributed by atoms with Gasteiger partial charge in [0.05, 0.1) is 6.20 Å². The van der Waals surface area contributed by atoms with Gasteiger partial charge in [-0.1, -0.05) is 16.4 Å². The number of rotatable bonds is 2. The zero-order valence-electron chi connectivity index (χ0n) is 7.27. The van der Waals surface area contributed by atoms with Gasteiger partial charge in [-0.3, -0.25) is 4.98 Å². The maximum atomic E-state index is 5.43. The molecule has 0 saturated carbocycles. The number of pyridine rings is 1. The molecule has 0 aliphatic rings. The van der Waals surface area contributed by atoms with Gasteiger partial charge in [-0.05, 0) is 28.9 Å². The molecule has 4 nitrogen and oxygen atoms in total. The lowest BCUT2D eigenvalue weighted by molar-refractivity contribution is 0.470. The van der Waals surface area contributed by atoms with Gasteiger partial charge in [0.15, 0.2) is 0 Å². The molecule has 2 aromatic heterocycles. The van der Waals surface area contributed by atoms with Gasteiger partial charge in [-0.25, -0.2) is 0 Å². The van der Waals surface area contributed by atoms with Crippen LogP contribution in [0.2, 0.25) is 0 Å². The monoisotopic (exact) mass is 271 g/mol. The van der Waals surface area contributed by atoms with Gasteiger partial charge >= 0.3 is 0 Å². The predicted molar refractivity (Wildman–Crippen MR) is 56.7 cm³/mol. The summed E-state index contributed by atoms with van der Waals surface area (Å²) in [6.45, 7) is 1.88. The van der Waals surface area contributed by atoms with Crippen LogP contribution >= 0.6 is 27.3 Å². The maximum Gasteiger partial charge on any atom is 0.299 e. The minimum atomic E-state index is 0.530. The summed E-state index contributed by atoms with van der Waals surface area (Å²) in [6.07, 6.45) is 3.32. The highest BCUT2D eigenvalue weighted by Crippen LogP contribution is 2.25. The van der Waals surface area contributed by atoms with Crippen molar-refractivity contribution < 1.29 is 4.74 Å². The summed E-state index contributed by atoms with van der Waals surface area (Å²) in [4.78, 5) is 3.97. The number of aromatic nitrogens is 3. The molecule has 0 unspecified atom stereocenters. The molecular weight excluding hydrogens is 266 g/mol. The zero-order valence-corrected chi connectivity index (χ0v) is 9.67. The first kappa shape index (κ1) is 9.54. The molecule has 0 N–H and O–H groups in total. The van der Waals surface area contributed by atoms with Crippen molar-refractivity contribution in [3.8, 4) is 10.9 Å². The van der Waals surface area contributed by atoms with Crippen molar-refractivity contribution in [2.24, 2.45) is 0 Å². The maximum absolute atomic E-state index is 5.43. The highest BCUT2D eigenvalue weighted by molar-refractivity contribution is 9.10. The van der Waals surface area contributed by atoms with Crippen LogP contribution in [-0.4, -0.2) is 15.2 Å². The summed E-state index contributed by atoms with van der Waals surface area (Å²) >= 11 is 4.71. The lowest BCUT2D eigenvalue weighted by atomic mass is 10.5. The number of nitrogens with zero attached hydrogens (tertiary/aromatic N) is 3. The van der Waals surface area contributed by atoms with E-state index in [0.29, 0.717) is 10.9 Å². The molecule has 6 heteroatoms. The molecule has 0 aliphatic carbocycles. The van der Waals surface area contributed by atoms with Crippen molar-refractivity contribution in [2.75, 3.05) is 0 Å². The van der Waals surface area contributed by atoms with E-state index in [2.05, 4.69) is 31.1 Å². The summed E-state index contributed by atoms with van der Waals surface area (Å²) in [5.41, 5.74) is 0. The van der Waals surface area contributed by atoms with E-state index < -0.39 is 0 Å². The molecule has 0 radical (unpaired) electrons. The second-order valence-corrected chi connectivity index (χ2v) is 4.59. The van der Waals surface area contributed by atoms with Crippen LogP contribution in [0, 0.1) is 6.92 Å². The van der Waals surface area contributed by atoms with Crippen molar-refractivity contribution in [3.63, 3.8) is 0 Å². The largest absolute Gasteiger partial charge is 0.428 e. The Morgan fingerprint density at radius 3 is 2.86 bits per heavy atom. The highest BCUT2D eigenvalue weighted by atomic mass is 79.9. The van der Waals surface area contributed by atoms with E-state index in [9.17, 15) is 0 Å². The quantitative estimate of drug-likeness (QED) is 0.843. The van der Waals surface area contributed by atoms with E-state index in [0.717, 1.165) is 9.48 Å². The normalized spacial score (nSPS) is 10.1. The van der Waals surface area contributed by atoms with Gasteiger partial charge in [0.1, 0.15) is 10.8 Å². The van der Waals surface area contributed by atoms with E-state index >= 15 is 0 Å². The smallest absolute Gasteiger partial charge is 0.299 e. The molecule has 2 heterocycles. The molecule has 0 fully saturated rings. The number of halogens is 1. The number of hydrogen-bond donors (Lipinski definition) is 0. The zero-order chi connectivity index (χ0) is 9.97. The fourth-order valence-corrected chi connectivity index (χ4v) is 1.77. The standard InChI is InChI=1S/C8H6BrN3OS/c1-5-11-12-8(14-5)13-7-2-6(9)3-10-4-7/h2-4H,1H3. The Balaban J connectivity index is 2.18. The average Bonchev–Trinajstić information content (AvgIpc) is 2.51. The Kier molecular flexibility index (Phi) is 2.74. The van der Waals surface area contributed by atoms with Crippen LogP contribution < -0.4 is 4.74 Å². The Labute approximate surface area is 93.1 Å². The summed E-state index contributed by atoms with van der Waals surface area (Å²) in [7, 11) is 0. The van der Waals surface area contributed by atoms with Crippen LogP contribution in [0.3, 0.4) is 0 Å². The first-order chi connectivity index (χ1) is 6.74. The Hall–Kier alpha value is -1.01. The molecular formula is C8H6BrN3OS. The van der Waals surface area contributed by atoms with E-state index in [4.69, 9.17) is 4.74 Å². The van der Waals surface area contributed by atoms with Crippen LogP contribution in [0.4, 0.5) is 0 Å². The van der Waals surface area contributed by atoms with Gasteiger partial charge in [-0.2, -0.15) is 0 Å². The lowest BCUT2D eigenvalue weighted by Gasteiger charge is -1.99. The second-order valence-electron chi connectivity index (χ2n) is 2.53. The molecule has 0 saturated heterocycles.